The van der Waals surface area contributed by atoms with Gasteiger partial charge in [-0.1, -0.05) is 211 Å². The van der Waals surface area contributed by atoms with E-state index in [0.29, 0.717) is 0 Å². The Balaban J connectivity index is 1.11. The Morgan fingerprint density at radius 1 is 0.310 bits per heavy atom. The first-order valence-electron chi connectivity index (χ1n) is 25.1. The van der Waals surface area contributed by atoms with Crippen molar-refractivity contribution >= 4 is 66.4 Å². The molecule has 0 heterocycles. The lowest BCUT2D eigenvalue weighted by molar-refractivity contribution is 0.0965. The summed E-state index contributed by atoms with van der Waals surface area (Å²) in [6.07, 6.45) is 0. The average Bonchev–Trinajstić information content (AvgIpc) is 3.73. The second kappa shape index (κ2) is 17.0. The van der Waals surface area contributed by atoms with Crippen molar-refractivity contribution in [2.45, 2.75) is 47.0 Å². The minimum atomic E-state index is -0.392. The maximum atomic E-state index is 2.57. The van der Waals surface area contributed by atoms with E-state index in [0.717, 1.165) is 34.1 Å². The number of hydrogen-bond acceptors (Lipinski definition) is 2. The molecule has 0 spiro atoms. The summed E-state index contributed by atoms with van der Waals surface area (Å²) in [6, 6.07) is 89.5. The Morgan fingerprint density at radius 2 is 0.761 bits per heavy atom. The number of hydrogen-bond donors (Lipinski definition) is 0. The molecule has 0 aromatic heterocycles. The minimum Gasteiger partial charge on any atom is -0.310 e. The summed E-state index contributed by atoms with van der Waals surface area (Å²) in [4.78, 5) is 4.88. The van der Waals surface area contributed by atoms with Crippen molar-refractivity contribution in [3.05, 3.63) is 254 Å². The van der Waals surface area contributed by atoms with Gasteiger partial charge in [0.1, 0.15) is 0 Å². The summed E-state index contributed by atoms with van der Waals surface area (Å²) in [5.74, 6) is 0. The van der Waals surface area contributed by atoms with Crippen LogP contribution in [0.4, 0.5) is 34.1 Å². The lowest BCUT2D eigenvalue weighted by Crippen LogP contribution is -2.50. The maximum absolute atomic E-state index is 2.57. The topological polar surface area (TPSA) is 6.48 Å². The van der Waals surface area contributed by atoms with Crippen LogP contribution in [-0.2, 0) is 5.41 Å². The van der Waals surface area contributed by atoms with E-state index in [1.54, 1.807) is 0 Å². The third-order valence-corrected chi connectivity index (χ3v) is 15.3. The molecule has 11 aromatic carbocycles. The highest BCUT2D eigenvalue weighted by Crippen LogP contribution is 2.68. The predicted molar refractivity (Wildman–Crippen MR) is 304 cm³/mol. The van der Waals surface area contributed by atoms with Crippen LogP contribution in [0.15, 0.2) is 243 Å². The summed E-state index contributed by atoms with van der Waals surface area (Å²) >= 11 is 0. The molecule has 1 aliphatic carbocycles. The maximum Gasteiger partial charge on any atom is 0.0540 e. The molecule has 0 unspecified atom stereocenters. The van der Waals surface area contributed by atoms with Gasteiger partial charge in [-0.3, -0.25) is 0 Å². The molecule has 2 heteroatoms. The van der Waals surface area contributed by atoms with Gasteiger partial charge >= 0.3 is 0 Å². The largest absolute Gasteiger partial charge is 0.310 e. The lowest BCUT2D eigenvalue weighted by Gasteiger charge is -2.53. The lowest BCUT2D eigenvalue weighted by atomic mass is 9.49. The molecule has 0 amide bonds. The van der Waals surface area contributed by atoms with Crippen LogP contribution in [0.3, 0.4) is 0 Å². The summed E-state index contributed by atoms with van der Waals surface area (Å²) in [6.45, 7) is 14.8. The first-order valence-corrected chi connectivity index (χ1v) is 25.1. The first-order chi connectivity index (χ1) is 34.5. The van der Waals surface area contributed by atoms with Gasteiger partial charge in [-0.2, -0.15) is 0 Å². The molecule has 2 nitrogen and oxygen atoms in total. The van der Waals surface area contributed by atoms with Gasteiger partial charge in [0.2, 0.25) is 0 Å². The van der Waals surface area contributed by atoms with E-state index in [9.17, 15) is 0 Å². The number of fused-ring (bicyclic) bond motifs is 9. The van der Waals surface area contributed by atoms with Crippen molar-refractivity contribution in [2.75, 3.05) is 9.80 Å². The van der Waals surface area contributed by atoms with Gasteiger partial charge in [-0.15, -0.1) is 0 Å². The number of benzene rings is 11. The molecule has 12 rings (SSSR count). The highest BCUT2D eigenvalue weighted by Gasteiger charge is 2.58. The van der Waals surface area contributed by atoms with Crippen molar-refractivity contribution in [1.82, 2.24) is 0 Å². The molecule has 0 saturated carbocycles. The van der Waals surface area contributed by atoms with E-state index in [4.69, 9.17) is 0 Å². The number of anilines is 6. The zero-order valence-electron chi connectivity index (χ0n) is 41.5. The highest BCUT2D eigenvalue weighted by molar-refractivity contribution is 6.20. The second-order valence-corrected chi connectivity index (χ2v) is 21.3. The van der Waals surface area contributed by atoms with Gasteiger partial charge in [-0.05, 0) is 149 Å². The molecule has 1 aliphatic rings. The minimum absolute atomic E-state index is 0.194. The molecule has 71 heavy (non-hydrogen) atoms. The van der Waals surface area contributed by atoms with E-state index >= 15 is 0 Å². The Labute approximate surface area is 419 Å². The molecule has 0 bridgehead atoms. The van der Waals surface area contributed by atoms with Crippen LogP contribution in [0.2, 0.25) is 0 Å². The quantitative estimate of drug-likeness (QED) is 0.140. The molecular formula is C69H58N2. The summed E-state index contributed by atoms with van der Waals surface area (Å²) in [5.41, 5.74) is 16.3. The van der Waals surface area contributed by atoms with Gasteiger partial charge in [0.05, 0.1) is 11.4 Å². The van der Waals surface area contributed by atoms with Crippen molar-refractivity contribution in [3.8, 4) is 33.4 Å². The standard InChI is InChI=1S/C69H58N2/c1-67(2,3)69(68(4,5)6)62-45-50-43-53(70(51-29-15-9-16-30-51)63-37-23-21-33-55(63)47-25-11-7-12-26-47)40-39-49(50)44-61(62)65-58-36-20-19-35-57(58)60-46-54(41-42-59(60)66(65)69)71(52-31-17-10-18-32-52)64-38-24-22-34-56(64)48-27-13-8-14-28-48/h7-46H,1-6H3. The Bertz CT molecular complexity index is 3750. The molecule has 0 saturated heterocycles. The number of para-hydroxylation sites is 4. The van der Waals surface area contributed by atoms with Crippen LogP contribution in [0.1, 0.15) is 52.7 Å². The normalized spacial score (nSPS) is 13.0. The molecule has 0 atom stereocenters. The number of nitrogens with zero attached hydrogens (tertiary/aromatic N) is 2. The third-order valence-electron chi connectivity index (χ3n) is 15.3. The van der Waals surface area contributed by atoms with Crippen LogP contribution in [0.25, 0.3) is 65.7 Å². The first kappa shape index (κ1) is 44.0. The Kier molecular flexibility index (Phi) is 10.6. The number of rotatable bonds is 8. The SMILES string of the molecule is CC(C)(C)C1(C(C)(C)C)c2cc3cc(N(c4ccccc4)c4ccccc4-c4ccccc4)ccc3cc2-c2c1c1ccc(N(c3ccccc3)c3ccccc3-c3ccccc3)cc1c1ccccc21. The molecule has 0 fully saturated rings. The molecule has 0 radical (unpaired) electrons. The van der Waals surface area contributed by atoms with Gasteiger partial charge < -0.3 is 9.80 Å². The monoisotopic (exact) mass is 914 g/mol. The van der Waals surface area contributed by atoms with Crippen molar-refractivity contribution < 1.29 is 0 Å². The third kappa shape index (κ3) is 7.07. The van der Waals surface area contributed by atoms with E-state index in [1.807, 2.05) is 0 Å². The fourth-order valence-electron chi connectivity index (χ4n) is 12.8. The van der Waals surface area contributed by atoms with Gasteiger partial charge in [0.25, 0.3) is 0 Å². The van der Waals surface area contributed by atoms with Gasteiger partial charge in [-0.25, -0.2) is 0 Å². The van der Waals surface area contributed by atoms with Gasteiger partial charge in [0, 0.05) is 39.3 Å². The Hall–Kier alpha value is -8.20. The Morgan fingerprint density at radius 3 is 1.30 bits per heavy atom. The van der Waals surface area contributed by atoms with E-state index < -0.39 is 5.41 Å². The molecule has 344 valence electrons. The fraction of sp³-hybridized carbons (Fsp3) is 0.130. The van der Waals surface area contributed by atoms with Crippen LogP contribution < -0.4 is 9.80 Å². The van der Waals surface area contributed by atoms with Crippen molar-refractivity contribution in [1.29, 1.82) is 0 Å². The molecule has 0 aliphatic heterocycles. The van der Waals surface area contributed by atoms with Crippen molar-refractivity contribution in [2.24, 2.45) is 10.8 Å². The van der Waals surface area contributed by atoms with Crippen LogP contribution in [-0.4, -0.2) is 0 Å². The predicted octanol–water partition coefficient (Wildman–Crippen LogP) is 19.8. The summed E-state index contributed by atoms with van der Waals surface area (Å²) in [7, 11) is 0. The smallest absolute Gasteiger partial charge is 0.0540 e. The van der Waals surface area contributed by atoms with Crippen LogP contribution in [0.5, 0.6) is 0 Å². The molecular weight excluding hydrogens is 857 g/mol. The zero-order valence-corrected chi connectivity index (χ0v) is 41.5. The van der Waals surface area contributed by atoms with Crippen LogP contribution >= 0.6 is 0 Å². The van der Waals surface area contributed by atoms with Crippen molar-refractivity contribution in [3.63, 3.8) is 0 Å². The zero-order chi connectivity index (χ0) is 48.5. The average molecular weight is 915 g/mol. The second-order valence-electron chi connectivity index (χ2n) is 21.3. The van der Waals surface area contributed by atoms with E-state index in [-0.39, 0.29) is 10.8 Å². The highest BCUT2D eigenvalue weighted by atomic mass is 15.1. The summed E-state index contributed by atoms with van der Waals surface area (Å²) < 4.78 is 0. The van der Waals surface area contributed by atoms with Crippen LogP contribution in [0, 0.1) is 10.8 Å². The van der Waals surface area contributed by atoms with Gasteiger partial charge in [0.15, 0.2) is 0 Å². The van der Waals surface area contributed by atoms with E-state index in [1.165, 1.54) is 76.8 Å². The molecule has 0 N–H and O–H groups in total. The molecule has 11 aromatic rings. The van der Waals surface area contributed by atoms with E-state index in [2.05, 4.69) is 294 Å². The fourth-order valence-corrected chi connectivity index (χ4v) is 12.8. The summed E-state index contributed by atoms with van der Waals surface area (Å²) in [5, 5.41) is 7.60.